The lowest BCUT2D eigenvalue weighted by molar-refractivity contribution is -0.138. The van der Waals surface area contributed by atoms with Crippen molar-refractivity contribution in [1.29, 1.82) is 0 Å². The summed E-state index contributed by atoms with van der Waals surface area (Å²) in [4.78, 5) is 29.7. The van der Waals surface area contributed by atoms with Gasteiger partial charge in [0.15, 0.2) is 0 Å². The van der Waals surface area contributed by atoms with Crippen molar-refractivity contribution in [2.75, 3.05) is 13.2 Å². The molecule has 2 atom stereocenters. The fourth-order valence-electron chi connectivity index (χ4n) is 2.19. The molecular formula is C10H16N3O4. The number of hydroxylamine groups is 3. The highest BCUT2D eigenvalue weighted by molar-refractivity contribution is 5.87. The van der Waals surface area contributed by atoms with Crippen LogP contribution in [0.1, 0.15) is 19.8 Å². The van der Waals surface area contributed by atoms with Crippen molar-refractivity contribution in [3.8, 4) is 0 Å². The summed E-state index contributed by atoms with van der Waals surface area (Å²) in [6.07, 6.45) is 2.92. The normalized spacial score (nSPS) is 27.5. The van der Waals surface area contributed by atoms with Gasteiger partial charge in [-0.2, -0.15) is 0 Å². The Bertz CT molecular complexity index is 323. The largest absolute Gasteiger partial charge is 0.344 e. The van der Waals surface area contributed by atoms with Crippen molar-refractivity contribution in [2.24, 2.45) is 0 Å². The van der Waals surface area contributed by atoms with Gasteiger partial charge in [-0.1, -0.05) is 6.92 Å². The predicted molar refractivity (Wildman–Crippen MR) is 56.6 cm³/mol. The van der Waals surface area contributed by atoms with Crippen LogP contribution in [0.5, 0.6) is 0 Å². The molecule has 0 aromatic rings. The molecule has 17 heavy (non-hydrogen) atoms. The van der Waals surface area contributed by atoms with Crippen molar-refractivity contribution >= 4 is 11.9 Å². The Balaban J connectivity index is 1.93. The Morgan fingerprint density at radius 2 is 2.41 bits per heavy atom. The highest BCUT2D eigenvalue weighted by Gasteiger charge is 2.46. The van der Waals surface area contributed by atoms with Gasteiger partial charge in [-0.25, -0.2) is 15.3 Å². The zero-order valence-corrected chi connectivity index (χ0v) is 9.63. The Labute approximate surface area is 99.2 Å². The molecule has 2 aliphatic rings. The number of piperidine rings is 1. The summed E-state index contributed by atoms with van der Waals surface area (Å²) in [6.45, 7) is 2.53. The monoisotopic (exact) mass is 242 g/mol. The van der Waals surface area contributed by atoms with Crippen molar-refractivity contribution in [1.82, 2.24) is 15.4 Å². The maximum Gasteiger partial charge on any atom is 0.344 e. The van der Waals surface area contributed by atoms with Gasteiger partial charge in [0.05, 0.1) is 12.6 Å². The summed E-state index contributed by atoms with van der Waals surface area (Å²) < 4.78 is 0. The lowest BCUT2D eigenvalue weighted by atomic mass is 10.0. The van der Waals surface area contributed by atoms with Crippen LogP contribution >= 0.6 is 0 Å². The molecule has 2 aliphatic heterocycles. The van der Waals surface area contributed by atoms with Crippen molar-refractivity contribution < 1.29 is 19.6 Å². The third-order valence-electron chi connectivity index (χ3n) is 3.07. The zero-order chi connectivity index (χ0) is 12.4. The molecule has 2 fully saturated rings. The highest BCUT2D eigenvalue weighted by atomic mass is 16.6. The first-order chi connectivity index (χ1) is 8.15. The minimum absolute atomic E-state index is 0.184. The fourth-order valence-corrected chi connectivity index (χ4v) is 2.19. The molecule has 2 N–H and O–H groups in total. The van der Waals surface area contributed by atoms with Gasteiger partial charge in [0.2, 0.25) is 0 Å². The number of carbonyl (C=O) groups is 2. The number of fused-ring (bicyclic) bond motifs is 2. The van der Waals surface area contributed by atoms with E-state index in [1.54, 1.807) is 6.42 Å². The van der Waals surface area contributed by atoms with Crippen LogP contribution < -0.4 is 5.48 Å². The highest BCUT2D eigenvalue weighted by Crippen LogP contribution is 2.28. The van der Waals surface area contributed by atoms with Gasteiger partial charge in [-0.3, -0.25) is 14.8 Å². The second kappa shape index (κ2) is 4.89. The lowest BCUT2D eigenvalue weighted by Crippen LogP contribution is -2.49. The molecule has 2 heterocycles. The van der Waals surface area contributed by atoms with Gasteiger partial charge < -0.3 is 4.90 Å². The van der Waals surface area contributed by atoms with Crippen LogP contribution in [0.3, 0.4) is 0 Å². The maximum absolute atomic E-state index is 11.8. The van der Waals surface area contributed by atoms with Crippen LogP contribution in [0.15, 0.2) is 0 Å². The van der Waals surface area contributed by atoms with Gasteiger partial charge >= 0.3 is 6.03 Å². The van der Waals surface area contributed by atoms with E-state index in [1.807, 2.05) is 6.92 Å². The molecule has 0 unspecified atom stereocenters. The first-order valence-electron chi connectivity index (χ1n) is 5.63. The van der Waals surface area contributed by atoms with Crippen LogP contribution in [-0.4, -0.2) is 52.3 Å². The molecular weight excluding hydrogens is 226 g/mol. The Morgan fingerprint density at radius 3 is 3.12 bits per heavy atom. The summed E-state index contributed by atoms with van der Waals surface area (Å²) in [5.41, 5.74) is 2.31. The smallest absolute Gasteiger partial charge is 0.309 e. The van der Waals surface area contributed by atoms with E-state index in [-0.39, 0.29) is 11.9 Å². The molecule has 2 saturated heterocycles. The topological polar surface area (TPSA) is 82.1 Å². The molecule has 0 aromatic carbocycles. The first kappa shape index (κ1) is 12.1. The summed E-state index contributed by atoms with van der Waals surface area (Å²) >= 11 is 0. The van der Waals surface area contributed by atoms with Gasteiger partial charge in [-0.05, 0) is 19.3 Å². The number of hydrogen-bond acceptors (Lipinski definition) is 4. The molecule has 0 saturated carbocycles. The summed E-state index contributed by atoms with van der Waals surface area (Å²) in [5, 5.41) is 10.2. The van der Waals surface area contributed by atoms with Gasteiger partial charge in [0, 0.05) is 6.54 Å². The predicted octanol–water partition coefficient (Wildman–Crippen LogP) is -0.0838. The molecule has 95 valence electrons. The van der Waals surface area contributed by atoms with E-state index >= 15 is 0 Å². The number of urea groups is 1. The van der Waals surface area contributed by atoms with Crippen molar-refractivity contribution in [3.05, 3.63) is 6.42 Å². The van der Waals surface area contributed by atoms with E-state index in [9.17, 15) is 14.8 Å². The number of rotatable bonds is 4. The Kier molecular flexibility index (Phi) is 3.49. The van der Waals surface area contributed by atoms with Crippen LogP contribution in [0.2, 0.25) is 0 Å². The van der Waals surface area contributed by atoms with E-state index in [4.69, 9.17) is 4.84 Å². The van der Waals surface area contributed by atoms with E-state index in [0.717, 1.165) is 0 Å². The van der Waals surface area contributed by atoms with Gasteiger partial charge in [0.1, 0.15) is 6.04 Å². The number of amides is 3. The van der Waals surface area contributed by atoms with E-state index in [0.29, 0.717) is 31.1 Å². The van der Waals surface area contributed by atoms with Crippen molar-refractivity contribution in [3.63, 3.8) is 0 Å². The standard InChI is InChI=1S/C10H16N3O4/c1-2-5-17-11-9(14)8-4-3-7-6-12(8)10(15)13(7)16/h2,7-8,16H,3-6H2,1H3,(H,11,14)/t7-,8+/m1/s1. The van der Waals surface area contributed by atoms with Crippen LogP contribution in [-0.2, 0) is 9.63 Å². The molecule has 2 bridgehead atoms. The number of carbonyl (C=O) groups excluding carboxylic acids is 2. The van der Waals surface area contributed by atoms with Gasteiger partial charge in [-0.15, -0.1) is 0 Å². The van der Waals surface area contributed by atoms with Crippen LogP contribution in [0, 0.1) is 6.42 Å². The van der Waals surface area contributed by atoms with Crippen LogP contribution in [0.4, 0.5) is 4.79 Å². The number of nitrogens with zero attached hydrogens (tertiary/aromatic N) is 2. The summed E-state index contributed by atoms with van der Waals surface area (Å²) in [5.74, 6) is -0.339. The minimum Gasteiger partial charge on any atom is -0.309 e. The quantitative estimate of drug-likeness (QED) is 0.410. The van der Waals surface area contributed by atoms with E-state index < -0.39 is 12.1 Å². The molecule has 7 nitrogen and oxygen atoms in total. The third kappa shape index (κ3) is 2.20. The Hall–Kier alpha value is -1.34. The van der Waals surface area contributed by atoms with Crippen LogP contribution in [0.25, 0.3) is 0 Å². The third-order valence-corrected chi connectivity index (χ3v) is 3.07. The maximum atomic E-state index is 11.8. The molecule has 2 rings (SSSR count). The second-order valence-corrected chi connectivity index (χ2v) is 4.21. The first-order valence-corrected chi connectivity index (χ1v) is 5.63. The van der Waals surface area contributed by atoms with Gasteiger partial charge in [0.25, 0.3) is 5.91 Å². The average Bonchev–Trinajstić information content (AvgIpc) is 2.55. The molecule has 0 spiro atoms. The summed E-state index contributed by atoms with van der Waals surface area (Å²) in [6, 6.07) is -1.24. The summed E-state index contributed by atoms with van der Waals surface area (Å²) in [7, 11) is 0. The zero-order valence-electron chi connectivity index (χ0n) is 9.63. The second-order valence-electron chi connectivity index (χ2n) is 4.21. The van der Waals surface area contributed by atoms with Crippen molar-refractivity contribution in [2.45, 2.75) is 31.8 Å². The average molecular weight is 242 g/mol. The molecule has 0 aliphatic carbocycles. The minimum atomic E-state index is -0.548. The lowest BCUT2D eigenvalue weighted by Gasteiger charge is -2.28. The fraction of sp³-hybridized carbons (Fsp3) is 0.700. The SMILES string of the molecule is C[CH]CONC(=O)[C@@H]1CC[C@@H]2CN1C(=O)N2O. The molecule has 3 amide bonds. The number of nitrogens with one attached hydrogen (secondary N) is 1. The molecule has 0 aromatic heterocycles. The van der Waals surface area contributed by atoms with E-state index in [1.165, 1.54) is 4.90 Å². The Morgan fingerprint density at radius 1 is 1.65 bits per heavy atom. The number of hydrogen-bond donors (Lipinski definition) is 2. The van der Waals surface area contributed by atoms with E-state index in [2.05, 4.69) is 5.48 Å². The molecule has 7 heteroatoms. The molecule has 1 radical (unpaired) electrons.